The van der Waals surface area contributed by atoms with Gasteiger partial charge in [-0.3, -0.25) is 4.79 Å². The van der Waals surface area contributed by atoms with Gasteiger partial charge in [0.15, 0.2) is 0 Å². The lowest BCUT2D eigenvalue weighted by molar-refractivity contribution is -0.864. The van der Waals surface area contributed by atoms with Crippen LogP contribution in [0.4, 0.5) is 0 Å². The summed E-state index contributed by atoms with van der Waals surface area (Å²) in [4.78, 5) is 19.1. The van der Waals surface area contributed by atoms with Gasteiger partial charge in [0.25, 0.3) is 0 Å². The van der Waals surface area contributed by atoms with Crippen LogP contribution in [0.5, 0.6) is 0 Å². The molecule has 13 heavy (non-hydrogen) atoms. The zero-order chi connectivity index (χ0) is 10.4. The van der Waals surface area contributed by atoms with Crippen LogP contribution in [-0.2, 0) is 9.59 Å². The molecule has 4 N–H and O–H groups in total. The fourth-order valence-corrected chi connectivity index (χ4v) is 0.387. The molecule has 0 spiro atoms. The molecule has 0 fully saturated rings. The monoisotopic (exact) mass is 194 g/mol. The van der Waals surface area contributed by atoms with E-state index >= 15 is 0 Å². The van der Waals surface area contributed by atoms with Crippen molar-refractivity contribution in [2.75, 3.05) is 27.7 Å². The molecule has 0 aliphatic carbocycles. The highest BCUT2D eigenvalue weighted by Crippen LogP contribution is 1.84. The van der Waals surface area contributed by atoms with E-state index in [1.54, 1.807) is 21.1 Å². The molecule has 0 radical (unpaired) electrons. The number of nitrogens with two attached hydrogens (primary N) is 1. The molecule has 6 heteroatoms. The van der Waals surface area contributed by atoms with E-state index in [4.69, 9.17) is 0 Å². The normalized spacial score (nSPS) is 8.92. The maximum Gasteiger partial charge on any atom is 0.214 e. The van der Waals surface area contributed by atoms with Gasteiger partial charge in [-0.15, -0.1) is 0 Å². The number of carbonyl (C=O) groups excluding carboxylic acids is 2. The maximum absolute atomic E-state index is 9.89. The van der Waals surface area contributed by atoms with Gasteiger partial charge < -0.3 is 25.6 Å². The van der Waals surface area contributed by atoms with E-state index in [0.717, 1.165) is 0 Å². The van der Waals surface area contributed by atoms with Crippen LogP contribution in [0.2, 0.25) is 0 Å². The van der Waals surface area contributed by atoms with E-state index in [1.165, 1.54) is 6.92 Å². The Morgan fingerprint density at radius 2 is 1.54 bits per heavy atom. The lowest BCUT2D eigenvalue weighted by Gasteiger charge is -2.23. The van der Waals surface area contributed by atoms with E-state index < -0.39 is 5.97 Å². The Labute approximate surface area is 77.8 Å². The average Bonchev–Trinajstić information content (AvgIpc) is 1.52. The highest BCUT2D eigenvalue weighted by Gasteiger charge is 2.04. The molecule has 0 aromatic rings. The van der Waals surface area contributed by atoms with Crippen molar-refractivity contribution >= 4 is 11.9 Å². The summed E-state index contributed by atoms with van der Waals surface area (Å²) in [6.45, 7) is 1.37. The Morgan fingerprint density at radius 1 is 1.31 bits per heavy atom. The number of likely N-dealkylation sites (N-methyl/N-ethyl adjacent to an activating group) is 1. The lowest BCUT2D eigenvalue weighted by Crippen LogP contribution is -2.45. The Hall–Kier alpha value is -1.14. The number of amides is 1. The van der Waals surface area contributed by atoms with Gasteiger partial charge in [-0.2, -0.15) is 0 Å². The molecule has 0 atom stereocenters. The number of aliphatic carboxylic acids is 1. The van der Waals surface area contributed by atoms with Gasteiger partial charge in [-0.25, -0.2) is 0 Å². The second-order valence-corrected chi connectivity index (χ2v) is 3.43. The summed E-state index contributed by atoms with van der Waals surface area (Å²) < 4.78 is 0.419. The van der Waals surface area contributed by atoms with Crippen LogP contribution in [0.3, 0.4) is 0 Å². The van der Waals surface area contributed by atoms with Crippen molar-refractivity contribution in [1.29, 1.82) is 0 Å². The number of hydrogen-bond donors (Lipinski definition) is 1. The number of carbonyl (C=O) groups is 2. The Kier molecular flexibility index (Phi) is 10.3. The molecule has 0 aromatic heterocycles. The Morgan fingerprint density at radius 3 is 1.54 bits per heavy atom. The third-order valence-electron chi connectivity index (χ3n) is 0.603. The number of quaternary nitrogens is 1. The van der Waals surface area contributed by atoms with Crippen LogP contribution in [-0.4, -0.2) is 49.5 Å². The number of nitrogens with zero attached hydrogens (tertiary/aromatic N) is 1. The molecule has 0 heterocycles. The first-order valence-electron chi connectivity index (χ1n) is 3.41. The van der Waals surface area contributed by atoms with Gasteiger partial charge in [0.2, 0.25) is 5.91 Å². The standard InChI is InChI=1S/C5H11NO2.C2H5NO.H2O/c1-6(2,3)4-5(7)8;1-2(3)4;/h4H2,1-3H3;1H3,(H2,3,4);1H2. The van der Waals surface area contributed by atoms with Crippen molar-refractivity contribution in [1.82, 2.24) is 0 Å². The first kappa shape index (κ1) is 17.8. The number of rotatable bonds is 2. The summed E-state index contributed by atoms with van der Waals surface area (Å²) in [7, 11) is 5.40. The predicted molar refractivity (Wildman–Crippen MR) is 46.4 cm³/mol. The molecule has 0 bridgehead atoms. The van der Waals surface area contributed by atoms with Crippen molar-refractivity contribution in [3.05, 3.63) is 0 Å². The fraction of sp³-hybridized carbons (Fsp3) is 0.714. The first-order chi connectivity index (χ1) is 5.15. The van der Waals surface area contributed by atoms with E-state index in [9.17, 15) is 14.7 Å². The summed E-state index contributed by atoms with van der Waals surface area (Å²) in [5.41, 5.74) is 4.47. The molecule has 0 aliphatic rings. The van der Waals surface area contributed by atoms with Gasteiger partial charge >= 0.3 is 0 Å². The number of primary amides is 1. The molecule has 0 aromatic carbocycles. The zero-order valence-corrected chi connectivity index (χ0v) is 8.46. The van der Waals surface area contributed by atoms with Crippen LogP contribution in [0.25, 0.3) is 0 Å². The fourth-order valence-electron chi connectivity index (χ4n) is 0.387. The van der Waals surface area contributed by atoms with Crippen molar-refractivity contribution < 1.29 is 24.7 Å². The van der Waals surface area contributed by atoms with E-state index in [0.29, 0.717) is 4.48 Å². The molecular weight excluding hydrogens is 176 g/mol. The molecule has 0 unspecified atom stereocenters. The van der Waals surface area contributed by atoms with Gasteiger partial charge in [0.05, 0.1) is 27.1 Å². The van der Waals surface area contributed by atoms with Gasteiger partial charge in [-0.1, -0.05) is 0 Å². The van der Waals surface area contributed by atoms with Gasteiger partial charge in [0.1, 0.15) is 6.54 Å². The van der Waals surface area contributed by atoms with E-state index in [2.05, 4.69) is 5.73 Å². The van der Waals surface area contributed by atoms with Crippen molar-refractivity contribution in [3.8, 4) is 0 Å². The lowest BCUT2D eigenvalue weighted by atomic mass is 10.5. The Balaban J connectivity index is -0.000000173. The van der Waals surface area contributed by atoms with Gasteiger partial charge in [0, 0.05) is 6.92 Å². The second kappa shape index (κ2) is 7.51. The minimum absolute atomic E-state index is 0. The van der Waals surface area contributed by atoms with Crippen LogP contribution < -0.4 is 10.8 Å². The molecule has 0 aliphatic heterocycles. The quantitative estimate of drug-likeness (QED) is 0.476. The molecule has 0 saturated heterocycles. The predicted octanol–water partition coefficient (Wildman–Crippen LogP) is -2.89. The molecule has 6 nitrogen and oxygen atoms in total. The summed E-state index contributed by atoms with van der Waals surface area (Å²) >= 11 is 0. The van der Waals surface area contributed by atoms with Crippen LogP contribution in [0.15, 0.2) is 0 Å². The summed E-state index contributed by atoms with van der Waals surface area (Å²) in [6, 6.07) is 0. The summed E-state index contributed by atoms with van der Waals surface area (Å²) in [6.07, 6.45) is 0. The molecule has 1 amide bonds. The summed E-state index contributed by atoms with van der Waals surface area (Å²) in [5.74, 6) is -1.34. The summed E-state index contributed by atoms with van der Waals surface area (Å²) in [5, 5.41) is 9.89. The van der Waals surface area contributed by atoms with Crippen molar-refractivity contribution in [2.24, 2.45) is 5.73 Å². The third kappa shape index (κ3) is 57.2. The maximum atomic E-state index is 9.89. The van der Waals surface area contributed by atoms with E-state index in [1.807, 2.05) is 0 Å². The minimum Gasteiger partial charge on any atom is -0.544 e. The SMILES string of the molecule is CC(N)=O.C[N+](C)(C)CC(=O)[O-].O. The van der Waals surface area contributed by atoms with Crippen LogP contribution >= 0.6 is 0 Å². The molecule has 80 valence electrons. The average molecular weight is 194 g/mol. The smallest absolute Gasteiger partial charge is 0.214 e. The largest absolute Gasteiger partial charge is 0.544 e. The molecule has 0 rings (SSSR count). The number of carboxylic acid groups (broad SMARTS) is 1. The molecular formula is C7H18N2O4. The Bertz CT molecular complexity index is 158. The first-order valence-corrected chi connectivity index (χ1v) is 3.41. The highest BCUT2D eigenvalue weighted by atomic mass is 16.4. The zero-order valence-electron chi connectivity index (χ0n) is 8.46. The third-order valence-corrected chi connectivity index (χ3v) is 0.603. The van der Waals surface area contributed by atoms with E-state index in [-0.39, 0.29) is 17.9 Å². The second-order valence-electron chi connectivity index (χ2n) is 3.43. The van der Waals surface area contributed by atoms with Crippen LogP contribution in [0.1, 0.15) is 6.92 Å². The number of hydrogen-bond acceptors (Lipinski definition) is 3. The van der Waals surface area contributed by atoms with Gasteiger partial charge in [-0.05, 0) is 0 Å². The van der Waals surface area contributed by atoms with Crippen molar-refractivity contribution in [3.63, 3.8) is 0 Å². The van der Waals surface area contributed by atoms with Crippen molar-refractivity contribution in [2.45, 2.75) is 6.92 Å². The topological polar surface area (TPSA) is 115 Å². The highest BCUT2D eigenvalue weighted by molar-refractivity contribution is 5.70. The van der Waals surface area contributed by atoms with Crippen LogP contribution in [0, 0.1) is 0 Å². The molecule has 0 saturated carbocycles. The number of carboxylic acids is 1. The minimum atomic E-state index is -1.00.